The van der Waals surface area contributed by atoms with Gasteiger partial charge in [-0.2, -0.15) is 0 Å². The molecule has 24 heavy (non-hydrogen) atoms. The van der Waals surface area contributed by atoms with Crippen molar-refractivity contribution in [2.24, 2.45) is 0 Å². The third kappa shape index (κ3) is 3.08. The smallest absolute Gasteiger partial charge is 0.254 e. The zero-order valence-electron chi connectivity index (χ0n) is 13.6. The second kappa shape index (κ2) is 6.70. The minimum atomic E-state index is -0.121. The molecule has 2 heterocycles. The molecule has 2 aromatic rings. The molecule has 1 aliphatic heterocycles. The summed E-state index contributed by atoms with van der Waals surface area (Å²) in [5.41, 5.74) is 8.91. The van der Waals surface area contributed by atoms with E-state index in [1.54, 1.807) is 40.4 Å². The van der Waals surface area contributed by atoms with E-state index in [-0.39, 0.29) is 18.4 Å². The Balaban J connectivity index is 1.75. The molecule has 2 N–H and O–H groups in total. The van der Waals surface area contributed by atoms with E-state index in [9.17, 15) is 9.59 Å². The minimum Gasteiger partial charge on any atom is -0.398 e. The number of pyridine rings is 1. The molecule has 0 saturated carbocycles. The number of benzene rings is 1. The van der Waals surface area contributed by atoms with Gasteiger partial charge in [-0.05, 0) is 30.7 Å². The van der Waals surface area contributed by atoms with Gasteiger partial charge in [-0.1, -0.05) is 12.1 Å². The third-order valence-electron chi connectivity index (χ3n) is 4.29. The second-order valence-corrected chi connectivity index (χ2v) is 5.74. The van der Waals surface area contributed by atoms with Gasteiger partial charge < -0.3 is 15.5 Å². The number of nitrogens with two attached hydrogens (primary N) is 1. The number of nitrogen functional groups attached to an aromatic ring is 1. The van der Waals surface area contributed by atoms with E-state index >= 15 is 0 Å². The Hall–Kier alpha value is -2.89. The maximum absolute atomic E-state index is 12.6. The molecule has 1 saturated heterocycles. The first-order valence-corrected chi connectivity index (χ1v) is 7.97. The predicted molar refractivity (Wildman–Crippen MR) is 92.2 cm³/mol. The number of hydrogen-bond donors (Lipinski definition) is 1. The molecule has 1 fully saturated rings. The first-order chi connectivity index (χ1) is 11.6. The molecule has 1 aliphatic rings. The lowest BCUT2D eigenvalue weighted by Gasteiger charge is -2.33. The second-order valence-electron chi connectivity index (χ2n) is 5.74. The average molecular weight is 324 g/mol. The van der Waals surface area contributed by atoms with Crippen LogP contribution in [0.15, 0.2) is 42.7 Å². The summed E-state index contributed by atoms with van der Waals surface area (Å²) in [6.07, 6.45) is 3.35. The van der Waals surface area contributed by atoms with Gasteiger partial charge in [0.25, 0.3) is 5.91 Å². The Kier molecular flexibility index (Phi) is 4.46. The van der Waals surface area contributed by atoms with E-state index in [0.29, 0.717) is 30.9 Å². The molecule has 0 radical (unpaired) electrons. The van der Waals surface area contributed by atoms with Crippen LogP contribution in [0.1, 0.15) is 17.3 Å². The Labute approximate surface area is 140 Å². The summed E-state index contributed by atoms with van der Waals surface area (Å²) < 4.78 is 0. The van der Waals surface area contributed by atoms with Crippen molar-refractivity contribution < 1.29 is 9.59 Å². The zero-order chi connectivity index (χ0) is 17.1. The first-order valence-electron chi connectivity index (χ1n) is 7.97. The number of carbonyl (C=O) groups is 2. The Morgan fingerprint density at radius 2 is 1.96 bits per heavy atom. The van der Waals surface area contributed by atoms with E-state index in [2.05, 4.69) is 4.98 Å². The first kappa shape index (κ1) is 16.0. The number of amides is 2. The molecular formula is C18H20N4O2. The fourth-order valence-corrected chi connectivity index (χ4v) is 2.84. The van der Waals surface area contributed by atoms with Gasteiger partial charge in [0, 0.05) is 48.8 Å². The van der Waals surface area contributed by atoms with Crippen LogP contribution in [0.25, 0.3) is 11.1 Å². The fourth-order valence-electron chi connectivity index (χ4n) is 2.84. The van der Waals surface area contributed by atoms with Gasteiger partial charge in [-0.3, -0.25) is 14.6 Å². The molecule has 0 atom stereocenters. The highest BCUT2D eigenvalue weighted by Gasteiger charge is 2.26. The van der Waals surface area contributed by atoms with Crippen molar-refractivity contribution in [3.63, 3.8) is 0 Å². The number of nitrogens with zero attached hydrogens (tertiary/aromatic N) is 3. The molecule has 124 valence electrons. The number of piperazine rings is 1. The van der Waals surface area contributed by atoms with Crippen molar-refractivity contribution in [1.29, 1.82) is 0 Å². The molecular weight excluding hydrogens is 304 g/mol. The van der Waals surface area contributed by atoms with Crippen molar-refractivity contribution >= 4 is 17.5 Å². The number of rotatable bonds is 3. The topological polar surface area (TPSA) is 79.5 Å². The maximum Gasteiger partial charge on any atom is 0.254 e. The van der Waals surface area contributed by atoms with Crippen LogP contribution in [-0.2, 0) is 4.79 Å². The molecule has 6 nitrogen and oxygen atoms in total. The predicted octanol–water partition coefficient (Wildman–Crippen LogP) is 1.64. The largest absolute Gasteiger partial charge is 0.398 e. The fraction of sp³-hybridized carbons (Fsp3) is 0.278. The molecule has 2 amide bonds. The SMILES string of the molecule is CCN1CCN(C(=O)c2ccc(-c3cnccc3N)cc2)CC1=O. The van der Waals surface area contributed by atoms with Crippen LogP contribution in [-0.4, -0.2) is 52.8 Å². The van der Waals surface area contributed by atoms with Gasteiger partial charge in [-0.25, -0.2) is 0 Å². The number of carbonyl (C=O) groups excluding carboxylic acids is 2. The molecule has 1 aromatic carbocycles. The zero-order valence-corrected chi connectivity index (χ0v) is 13.6. The van der Waals surface area contributed by atoms with Gasteiger partial charge in [0.05, 0.1) is 0 Å². The highest BCUT2D eigenvalue weighted by atomic mass is 16.2. The lowest BCUT2D eigenvalue weighted by atomic mass is 10.0. The lowest BCUT2D eigenvalue weighted by Crippen LogP contribution is -2.52. The molecule has 0 aliphatic carbocycles. The van der Waals surface area contributed by atoms with Crippen LogP contribution in [0.2, 0.25) is 0 Å². The van der Waals surface area contributed by atoms with Crippen LogP contribution in [0.5, 0.6) is 0 Å². The summed E-state index contributed by atoms with van der Waals surface area (Å²) in [5.74, 6) is -0.123. The number of likely N-dealkylation sites (N-methyl/N-ethyl adjacent to an activating group) is 1. The lowest BCUT2D eigenvalue weighted by molar-refractivity contribution is -0.134. The number of hydrogen-bond acceptors (Lipinski definition) is 4. The van der Waals surface area contributed by atoms with Gasteiger partial charge in [0.15, 0.2) is 0 Å². The highest BCUT2D eigenvalue weighted by molar-refractivity contribution is 5.97. The van der Waals surface area contributed by atoms with Gasteiger partial charge in [0.2, 0.25) is 5.91 Å². The van der Waals surface area contributed by atoms with E-state index in [1.807, 2.05) is 19.1 Å². The van der Waals surface area contributed by atoms with Crippen LogP contribution >= 0.6 is 0 Å². The summed E-state index contributed by atoms with van der Waals surface area (Å²) in [6, 6.07) is 8.98. The van der Waals surface area contributed by atoms with E-state index in [4.69, 9.17) is 5.73 Å². The average Bonchev–Trinajstić information content (AvgIpc) is 2.61. The number of anilines is 1. The Morgan fingerprint density at radius 1 is 1.21 bits per heavy atom. The molecule has 0 bridgehead atoms. The molecule has 0 unspecified atom stereocenters. The third-order valence-corrected chi connectivity index (χ3v) is 4.29. The van der Waals surface area contributed by atoms with Crippen LogP contribution in [0.4, 0.5) is 5.69 Å². The standard InChI is InChI=1S/C18H20N4O2/c1-2-21-9-10-22(12-17(21)23)18(24)14-5-3-13(4-6-14)15-11-20-8-7-16(15)19/h3-8,11H,2,9-10,12H2,1H3,(H2,19,20). The summed E-state index contributed by atoms with van der Waals surface area (Å²) in [6.45, 7) is 3.92. The number of aromatic nitrogens is 1. The van der Waals surface area contributed by atoms with Gasteiger partial charge >= 0.3 is 0 Å². The Bertz CT molecular complexity index is 758. The minimum absolute atomic E-state index is 0.00291. The normalized spacial score (nSPS) is 14.8. The summed E-state index contributed by atoms with van der Waals surface area (Å²) in [5, 5.41) is 0. The van der Waals surface area contributed by atoms with Crippen LogP contribution in [0, 0.1) is 0 Å². The quantitative estimate of drug-likeness (QED) is 0.931. The maximum atomic E-state index is 12.6. The van der Waals surface area contributed by atoms with Crippen molar-refractivity contribution in [3.05, 3.63) is 48.3 Å². The van der Waals surface area contributed by atoms with Crippen LogP contribution in [0.3, 0.4) is 0 Å². The van der Waals surface area contributed by atoms with E-state index < -0.39 is 0 Å². The van der Waals surface area contributed by atoms with Crippen molar-refractivity contribution in [2.45, 2.75) is 6.92 Å². The van der Waals surface area contributed by atoms with Crippen molar-refractivity contribution in [2.75, 3.05) is 31.9 Å². The summed E-state index contributed by atoms with van der Waals surface area (Å²) >= 11 is 0. The Morgan fingerprint density at radius 3 is 2.58 bits per heavy atom. The van der Waals surface area contributed by atoms with Crippen molar-refractivity contribution in [3.8, 4) is 11.1 Å². The van der Waals surface area contributed by atoms with E-state index in [0.717, 1.165) is 11.1 Å². The monoisotopic (exact) mass is 324 g/mol. The molecule has 1 aromatic heterocycles. The summed E-state index contributed by atoms with van der Waals surface area (Å²) in [7, 11) is 0. The van der Waals surface area contributed by atoms with E-state index in [1.165, 1.54) is 0 Å². The molecule has 6 heteroatoms. The highest BCUT2D eigenvalue weighted by Crippen LogP contribution is 2.25. The van der Waals surface area contributed by atoms with Gasteiger partial charge in [-0.15, -0.1) is 0 Å². The molecule has 0 spiro atoms. The molecule has 3 rings (SSSR count). The van der Waals surface area contributed by atoms with Crippen LogP contribution < -0.4 is 5.73 Å². The van der Waals surface area contributed by atoms with Crippen molar-refractivity contribution in [1.82, 2.24) is 14.8 Å². The summed E-state index contributed by atoms with van der Waals surface area (Å²) in [4.78, 5) is 32.0. The van der Waals surface area contributed by atoms with Gasteiger partial charge in [0.1, 0.15) is 6.54 Å².